The molecule has 0 aliphatic carbocycles. The summed E-state index contributed by atoms with van der Waals surface area (Å²) in [5.74, 6) is 0.616. The van der Waals surface area contributed by atoms with E-state index in [4.69, 9.17) is 9.98 Å². The van der Waals surface area contributed by atoms with E-state index < -0.39 is 0 Å². The minimum atomic E-state index is 0.616. The van der Waals surface area contributed by atoms with Gasteiger partial charge in [-0.3, -0.25) is 4.98 Å². The van der Waals surface area contributed by atoms with E-state index in [2.05, 4.69) is 133 Å². The van der Waals surface area contributed by atoms with E-state index in [0.717, 1.165) is 55.3 Å². The van der Waals surface area contributed by atoms with Gasteiger partial charge in [-0.1, -0.05) is 134 Å². The van der Waals surface area contributed by atoms with E-state index in [1.807, 2.05) is 43.6 Å². The average Bonchev–Trinajstić information content (AvgIpc) is 3.11. The lowest BCUT2D eigenvalue weighted by molar-refractivity contribution is 1.36. The number of aliphatic imine (C=N–C) groups is 2. The number of benzene rings is 6. The first-order valence-corrected chi connectivity index (χ1v) is 15.0. The van der Waals surface area contributed by atoms with Crippen LogP contribution in [0.1, 0.15) is 23.6 Å². The van der Waals surface area contributed by atoms with E-state index in [1.165, 1.54) is 10.9 Å². The summed E-state index contributed by atoms with van der Waals surface area (Å²) in [6.45, 7) is 6.45. The maximum atomic E-state index is 5.14. The minimum Gasteiger partial charge on any atom is -0.263 e. The Morgan fingerprint density at radius 3 is 2.02 bits per heavy atom. The van der Waals surface area contributed by atoms with E-state index in [1.54, 1.807) is 0 Å². The molecule has 1 aromatic heterocycles. The van der Waals surface area contributed by atoms with Crippen LogP contribution in [-0.4, -0.2) is 16.5 Å². The fourth-order valence-electron chi connectivity index (χ4n) is 5.67. The van der Waals surface area contributed by atoms with Crippen molar-refractivity contribution in [2.24, 2.45) is 9.98 Å². The smallest absolute Gasteiger partial charge is 0.160 e. The highest BCUT2D eigenvalue weighted by atomic mass is 14.9. The number of amidine groups is 1. The number of hydrogen-bond acceptors (Lipinski definition) is 2. The van der Waals surface area contributed by atoms with Crippen LogP contribution in [0.3, 0.4) is 0 Å². The zero-order chi connectivity index (χ0) is 30.6. The number of fused-ring (bicyclic) bond motifs is 2. The lowest BCUT2D eigenvalue weighted by Gasteiger charge is -2.11. The van der Waals surface area contributed by atoms with Gasteiger partial charge >= 0.3 is 0 Å². The summed E-state index contributed by atoms with van der Waals surface area (Å²) < 4.78 is 0. The molecule has 0 fully saturated rings. The second kappa shape index (κ2) is 12.4. The predicted octanol–water partition coefficient (Wildman–Crippen LogP) is 10.6. The quantitative estimate of drug-likeness (QED) is 0.143. The summed E-state index contributed by atoms with van der Waals surface area (Å²) in [6.07, 6.45) is 3.82. The van der Waals surface area contributed by atoms with E-state index in [0.29, 0.717) is 11.5 Å². The van der Waals surface area contributed by atoms with Crippen molar-refractivity contribution in [3.8, 4) is 22.3 Å². The van der Waals surface area contributed by atoms with Gasteiger partial charge < -0.3 is 0 Å². The Kier molecular flexibility index (Phi) is 7.65. The topological polar surface area (TPSA) is 37.6 Å². The number of pyridine rings is 1. The van der Waals surface area contributed by atoms with Crippen LogP contribution in [0.5, 0.6) is 0 Å². The van der Waals surface area contributed by atoms with Gasteiger partial charge in [-0.05, 0) is 63.5 Å². The molecule has 6 aromatic carbocycles. The Labute approximate surface area is 263 Å². The van der Waals surface area contributed by atoms with Crippen molar-refractivity contribution in [2.75, 3.05) is 0 Å². The van der Waals surface area contributed by atoms with Gasteiger partial charge in [0.2, 0.25) is 0 Å². The van der Waals surface area contributed by atoms with E-state index in [9.17, 15) is 0 Å². The highest BCUT2D eigenvalue weighted by molar-refractivity contribution is 6.14. The molecule has 0 aliphatic rings. The first kappa shape index (κ1) is 27.9. The molecule has 0 saturated carbocycles. The maximum Gasteiger partial charge on any atom is 0.160 e. The van der Waals surface area contributed by atoms with Crippen molar-refractivity contribution in [1.82, 2.24) is 4.98 Å². The highest BCUT2D eigenvalue weighted by Gasteiger charge is 2.11. The fourth-order valence-corrected chi connectivity index (χ4v) is 5.67. The molecular formula is C42H31N3. The van der Waals surface area contributed by atoms with Crippen LogP contribution in [0, 0.1) is 0 Å². The van der Waals surface area contributed by atoms with Crippen molar-refractivity contribution in [2.45, 2.75) is 6.92 Å². The highest BCUT2D eigenvalue weighted by Crippen LogP contribution is 2.30. The molecule has 214 valence electrons. The Morgan fingerprint density at radius 1 is 0.511 bits per heavy atom. The molecule has 0 radical (unpaired) electrons. The first-order valence-electron chi connectivity index (χ1n) is 15.0. The molecular weight excluding hydrogens is 546 g/mol. The molecule has 3 nitrogen and oxygen atoms in total. The van der Waals surface area contributed by atoms with Crippen molar-refractivity contribution >= 4 is 38.8 Å². The lowest BCUT2D eigenvalue weighted by Crippen LogP contribution is -2.04. The van der Waals surface area contributed by atoms with Crippen LogP contribution in [0.2, 0.25) is 0 Å². The molecule has 0 unspecified atom stereocenters. The van der Waals surface area contributed by atoms with Gasteiger partial charge in [0.25, 0.3) is 0 Å². The van der Waals surface area contributed by atoms with Gasteiger partial charge in [0.1, 0.15) is 0 Å². The summed E-state index contributed by atoms with van der Waals surface area (Å²) in [4.78, 5) is 14.7. The minimum absolute atomic E-state index is 0.616. The van der Waals surface area contributed by atoms with Crippen LogP contribution in [0.25, 0.3) is 49.5 Å². The predicted molar refractivity (Wildman–Crippen MR) is 191 cm³/mol. The number of nitrogens with zero attached hydrogens (tertiary/aromatic N) is 3. The zero-order valence-electron chi connectivity index (χ0n) is 25.1. The van der Waals surface area contributed by atoms with Gasteiger partial charge in [0, 0.05) is 40.2 Å². The third-order valence-electron chi connectivity index (χ3n) is 8.08. The molecule has 3 heteroatoms. The standard InChI is InChI=1S/C42H31N3/c1-29(33-17-10-19-36(24-33)31-12-4-3-5-13-31)44-42(38-23-22-32-14-6-7-15-35(32)26-38)45-30(2)34-18-11-20-37(25-34)41-28-43-27-39-16-8-9-21-40(39)41/h3-28H,2H2,1H3/b44-29+,45-42-. The van der Waals surface area contributed by atoms with Crippen LogP contribution < -0.4 is 0 Å². The molecule has 0 saturated heterocycles. The van der Waals surface area contributed by atoms with E-state index in [-0.39, 0.29) is 0 Å². The summed E-state index contributed by atoms with van der Waals surface area (Å²) >= 11 is 0. The Balaban J connectivity index is 1.30. The van der Waals surface area contributed by atoms with Crippen LogP contribution in [0.4, 0.5) is 0 Å². The molecule has 0 bridgehead atoms. The maximum absolute atomic E-state index is 5.14. The summed E-state index contributed by atoms with van der Waals surface area (Å²) in [5, 5.41) is 4.58. The largest absolute Gasteiger partial charge is 0.263 e. The summed E-state index contributed by atoms with van der Waals surface area (Å²) in [6, 6.07) is 50.3. The molecule has 0 atom stereocenters. The third kappa shape index (κ3) is 5.97. The third-order valence-corrected chi connectivity index (χ3v) is 8.08. The van der Waals surface area contributed by atoms with Gasteiger partial charge in [-0.2, -0.15) is 0 Å². The van der Waals surface area contributed by atoms with Crippen LogP contribution in [-0.2, 0) is 0 Å². The van der Waals surface area contributed by atoms with E-state index >= 15 is 0 Å². The molecule has 7 rings (SSSR count). The molecule has 0 N–H and O–H groups in total. The number of rotatable bonds is 6. The molecule has 0 aliphatic heterocycles. The van der Waals surface area contributed by atoms with Crippen LogP contribution in [0.15, 0.2) is 175 Å². The normalized spacial score (nSPS) is 12.0. The second-order valence-corrected chi connectivity index (χ2v) is 11.1. The fraction of sp³-hybridized carbons (Fsp3) is 0.0238. The van der Waals surface area contributed by atoms with Crippen molar-refractivity contribution in [3.63, 3.8) is 0 Å². The molecule has 45 heavy (non-hydrogen) atoms. The van der Waals surface area contributed by atoms with Crippen molar-refractivity contribution in [1.29, 1.82) is 0 Å². The van der Waals surface area contributed by atoms with Crippen molar-refractivity contribution < 1.29 is 0 Å². The Morgan fingerprint density at radius 2 is 1.18 bits per heavy atom. The van der Waals surface area contributed by atoms with Crippen molar-refractivity contribution in [3.05, 3.63) is 181 Å². The summed E-state index contributed by atoms with van der Waals surface area (Å²) in [5.41, 5.74) is 8.89. The van der Waals surface area contributed by atoms with Gasteiger partial charge in [0.15, 0.2) is 5.84 Å². The average molecular weight is 578 g/mol. The molecule has 0 spiro atoms. The van der Waals surface area contributed by atoms with Crippen LogP contribution >= 0.6 is 0 Å². The first-order chi connectivity index (χ1) is 22.1. The zero-order valence-corrected chi connectivity index (χ0v) is 25.1. The molecule has 1 heterocycles. The molecule has 0 amide bonds. The number of aromatic nitrogens is 1. The monoisotopic (exact) mass is 577 g/mol. The van der Waals surface area contributed by atoms with Gasteiger partial charge in [0.05, 0.1) is 5.70 Å². The Hall–Kier alpha value is -5.93. The summed E-state index contributed by atoms with van der Waals surface area (Å²) in [7, 11) is 0. The SMILES string of the molecule is C=C(/N=C(\N=C(/C)c1cccc(-c2ccccc2)c1)c1ccc2ccccc2c1)c1cccc(-c2cncc3ccccc23)c1. The number of hydrogen-bond donors (Lipinski definition) is 0. The second-order valence-electron chi connectivity index (χ2n) is 11.1. The lowest BCUT2D eigenvalue weighted by atomic mass is 9.99. The van der Waals surface area contributed by atoms with Gasteiger partial charge in [-0.25, -0.2) is 9.98 Å². The Bertz CT molecular complexity index is 2240. The van der Waals surface area contributed by atoms with Gasteiger partial charge in [-0.15, -0.1) is 0 Å². The molecule has 7 aromatic rings.